The lowest BCUT2D eigenvalue weighted by Gasteiger charge is -2.34. The van der Waals surface area contributed by atoms with Crippen LogP contribution in [0.3, 0.4) is 0 Å². The average Bonchev–Trinajstić information content (AvgIpc) is 2.77. The molecule has 1 aliphatic rings. The van der Waals surface area contributed by atoms with E-state index in [0.29, 0.717) is 19.7 Å². The molecular formula is C22H28N6O2. The molecule has 1 fully saturated rings. The van der Waals surface area contributed by atoms with Crippen molar-refractivity contribution in [3.63, 3.8) is 0 Å². The molecule has 4 rings (SSSR count). The summed E-state index contributed by atoms with van der Waals surface area (Å²) in [6.45, 7) is 4.98. The monoisotopic (exact) mass is 408 g/mol. The topological polar surface area (TPSA) is 76.4 Å². The van der Waals surface area contributed by atoms with Gasteiger partial charge in [0.1, 0.15) is 12.1 Å². The molecule has 0 N–H and O–H groups in total. The second-order valence-corrected chi connectivity index (χ2v) is 7.82. The summed E-state index contributed by atoms with van der Waals surface area (Å²) in [7, 11) is 3.60. The van der Waals surface area contributed by atoms with Crippen LogP contribution in [0.5, 0.6) is 0 Å². The molecule has 2 aromatic heterocycles. The van der Waals surface area contributed by atoms with Gasteiger partial charge in [0, 0.05) is 45.2 Å². The fourth-order valence-electron chi connectivity index (χ4n) is 4.07. The van der Waals surface area contributed by atoms with E-state index in [1.165, 1.54) is 0 Å². The van der Waals surface area contributed by atoms with E-state index in [4.69, 9.17) is 4.74 Å². The molecule has 0 bridgehead atoms. The van der Waals surface area contributed by atoms with Crippen molar-refractivity contribution in [1.82, 2.24) is 19.7 Å². The molecule has 8 heteroatoms. The molecule has 0 unspecified atom stereocenters. The van der Waals surface area contributed by atoms with Crippen molar-refractivity contribution >= 4 is 22.4 Å². The van der Waals surface area contributed by atoms with Gasteiger partial charge in [0.2, 0.25) is 0 Å². The fraction of sp³-hybridized carbons (Fsp3) is 0.455. The Balaban J connectivity index is 1.58. The van der Waals surface area contributed by atoms with Gasteiger partial charge in [0.25, 0.3) is 5.56 Å². The maximum Gasteiger partial charge on any atom is 0.269 e. The summed E-state index contributed by atoms with van der Waals surface area (Å²) in [4.78, 5) is 26.1. The molecule has 3 heterocycles. The lowest BCUT2D eigenvalue weighted by molar-refractivity contribution is 0.206. The summed E-state index contributed by atoms with van der Waals surface area (Å²) < 4.78 is 6.73. The Morgan fingerprint density at radius 3 is 2.97 bits per heavy atom. The molecule has 30 heavy (non-hydrogen) atoms. The normalized spacial score (nSPS) is 16.8. The Hall–Kier alpha value is -3.00. The minimum Gasteiger partial charge on any atom is -0.383 e. The lowest BCUT2D eigenvalue weighted by Crippen LogP contribution is -2.41. The summed E-state index contributed by atoms with van der Waals surface area (Å²) >= 11 is 0. The molecule has 1 saturated heterocycles. The number of anilines is 2. The summed E-state index contributed by atoms with van der Waals surface area (Å²) in [5.74, 6) is 0.928. The van der Waals surface area contributed by atoms with Crippen molar-refractivity contribution in [3.8, 4) is 0 Å². The van der Waals surface area contributed by atoms with Crippen molar-refractivity contribution in [3.05, 3.63) is 52.7 Å². The third-order valence-electron chi connectivity index (χ3n) is 5.77. The first-order chi connectivity index (χ1) is 14.6. The second kappa shape index (κ2) is 8.79. The molecule has 1 aliphatic heterocycles. The van der Waals surface area contributed by atoms with Gasteiger partial charge >= 0.3 is 0 Å². The quantitative estimate of drug-likeness (QED) is 0.620. The molecule has 0 saturated carbocycles. The summed E-state index contributed by atoms with van der Waals surface area (Å²) in [6, 6.07) is 7.84. The van der Waals surface area contributed by atoms with Crippen molar-refractivity contribution in [2.45, 2.75) is 25.8 Å². The SMILES string of the molecule is COCCN(C)c1cnn([C@@H]2CCCN(c3ncnc4c(C)cccc34)C2)c(=O)c1. The predicted molar refractivity (Wildman–Crippen MR) is 118 cm³/mol. The van der Waals surface area contributed by atoms with E-state index >= 15 is 0 Å². The summed E-state index contributed by atoms with van der Waals surface area (Å²) in [5.41, 5.74) is 2.84. The number of methoxy groups -OCH3 is 1. The molecule has 1 atom stereocenters. The van der Waals surface area contributed by atoms with Crippen LogP contribution < -0.4 is 15.4 Å². The van der Waals surface area contributed by atoms with E-state index in [0.717, 1.165) is 47.4 Å². The van der Waals surface area contributed by atoms with Crippen LogP contribution in [-0.4, -0.2) is 60.1 Å². The maximum atomic E-state index is 12.8. The van der Waals surface area contributed by atoms with Crippen molar-refractivity contribution in [1.29, 1.82) is 0 Å². The molecule has 3 aromatic rings. The Morgan fingerprint density at radius 1 is 1.30 bits per heavy atom. The van der Waals surface area contributed by atoms with Crippen LogP contribution in [0.25, 0.3) is 10.9 Å². The number of piperidine rings is 1. The van der Waals surface area contributed by atoms with Crippen LogP contribution in [0.4, 0.5) is 11.5 Å². The highest BCUT2D eigenvalue weighted by molar-refractivity contribution is 5.91. The standard InChI is InChI=1S/C22H28N6O2/c1-16-6-4-8-19-21(16)23-15-24-22(19)27-9-5-7-17(14-27)28-20(29)12-18(13-25-28)26(2)10-11-30-3/h4,6,8,12-13,15,17H,5,7,9-11,14H2,1-3H3/t17-/m1/s1. The number of rotatable bonds is 6. The maximum absolute atomic E-state index is 12.8. The van der Waals surface area contributed by atoms with Gasteiger partial charge in [-0.1, -0.05) is 12.1 Å². The number of benzene rings is 1. The van der Waals surface area contributed by atoms with Gasteiger partial charge in [-0.3, -0.25) is 4.79 Å². The molecular weight excluding hydrogens is 380 g/mol. The Bertz CT molecular complexity index is 1080. The average molecular weight is 409 g/mol. The number of fused-ring (bicyclic) bond motifs is 1. The molecule has 0 amide bonds. The van der Waals surface area contributed by atoms with Crippen LogP contribution in [0, 0.1) is 6.92 Å². The van der Waals surface area contributed by atoms with Gasteiger partial charge in [0.15, 0.2) is 0 Å². The number of para-hydroxylation sites is 1. The zero-order valence-corrected chi connectivity index (χ0v) is 17.8. The molecule has 1 aromatic carbocycles. The van der Waals surface area contributed by atoms with Gasteiger partial charge in [0.05, 0.1) is 30.0 Å². The highest BCUT2D eigenvalue weighted by atomic mass is 16.5. The third-order valence-corrected chi connectivity index (χ3v) is 5.77. The number of hydrogen-bond donors (Lipinski definition) is 0. The van der Waals surface area contributed by atoms with Gasteiger partial charge in [-0.15, -0.1) is 0 Å². The van der Waals surface area contributed by atoms with Crippen molar-refractivity contribution in [2.24, 2.45) is 0 Å². The van der Waals surface area contributed by atoms with Crippen LogP contribution in [0.2, 0.25) is 0 Å². The van der Waals surface area contributed by atoms with E-state index in [1.807, 2.05) is 18.0 Å². The predicted octanol–water partition coefficient (Wildman–Crippen LogP) is 2.42. The van der Waals surface area contributed by atoms with Gasteiger partial charge in [-0.25, -0.2) is 14.6 Å². The number of hydrogen-bond acceptors (Lipinski definition) is 7. The smallest absolute Gasteiger partial charge is 0.269 e. The molecule has 0 spiro atoms. The number of nitrogens with zero attached hydrogens (tertiary/aromatic N) is 6. The van der Waals surface area contributed by atoms with E-state index < -0.39 is 0 Å². The van der Waals surface area contributed by atoms with E-state index in [-0.39, 0.29) is 11.6 Å². The Kier molecular flexibility index (Phi) is 5.94. The zero-order valence-electron chi connectivity index (χ0n) is 17.8. The molecule has 0 aliphatic carbocycles. The Labute approximate surface area is 176 Å². The van der Waals surface area contributed by atoms with Crippen LogP contribution in [0.1, 0.15) is 24.4 Å². The van der Waals surface area contributed by atoms with Gasteiger partial charge in [-0.2, -0.15) is 5.10 Å². The first-order valence-corrected chi connectivity index (χ1v) is 10.3. The van der Waals surface area contributed by atoms with Crippen molar-refractivity contribution in [2.75, 3.05) is 50.2 Å². The largest absolute Gasteiger partial charge is 0.383 e. The minimum absolute atomic E-state index is 0.0133. The molecule has 0 radical (unpaired) electrons. The zero-order chi connectivity index (χ0) is 21.1. The van der Waals surface area contributed by atoms with Gasteiger partial charge < -0.3 is 14.5 Å². The fourth-order valence-corrected chi connectivity index (χ4v) is 4.07. The third kappa shape index (κ3) is 4.00. The van der Waals surface area contributed by atoms with E-state index in [9.17, 15) is 4.79 Å². The van der Waals surface area contributed by atoms with Gasteiger partial charge in [-0.05, 0) is 31.4 Å². The Morgan fingerprint density at radius 2 is 2.17 bits per heavy atom. The number of aryl methyl sites for hydroxylation is 1. The molecule has 8 nitrogen and oxygen atoms in total. The first-order valence-electron chi connectivity index (χ1n) is 10.3. The van der Waals surface area contributed by atoms with Crippen LogP contribution in [-0.2, 0) is 4.74 Å². The first kappa shape index (κ1) is 20.3. The van der Waals surface area contributed by atoms with Crippen LogP contribution in [0.15, 0.2) is 41.6 Å². The summed E-state index contributed by atoms with van der Waals surface area (Å²) in [5, 5.41) is 5.55. The van der Waals surface area contributed by atoms with Crippen molar-refractivity contribution < 1.29 is 4.74 Å². The lowest BCUT2D eigenvalue weighted by atomic mass is 10.0. The van der Waals surface area contributed by atoms with Crippen LogP contribution >= 0.6 is 0 Å². The number of likely N-dealkylation sites (N-methyl/N-ethyl adjacent to an activating group) is 1. The highest BCUT2D eigenvalue weighted by Crippen LogP contribution is 2.29. The van der Waals surface area contributed by atoms with E-state index in [1.54, 1.807) is 30.4 Å². The summed E-state index contributed by atoms with van der Waals surface area (Å²) in [6.07, 6.45) is 5.29. The number of aromatic nitrogens is 4. The highest BCUT2D eigenvalue weighted by Gasteiger charge is 2.25. The molecule has 158 valence electrons. The van der Waals surface area contributed by atoms with E-state index in [2.05, 4.69) is 39.0 Å². The number of ether oxygens (including phenoxy) is 1. The minimum atomic E-state index is -0.0768. The second-order valence-electron chi connectivity index (χ2n) is 7.82.